The van der Waals surface area contributed by atoms with Crippen LogP contribution in [0.25, 0.3) is 0 Å². The number of hydrogen-bond acceptors (Lipinski definition) is 8. The van der Waals surface area contributed by atoms with Gasteiger partial charge in [0.15, 0.2) is 11.5 Å². The second-order valence-corrected chi connectivity index (χ2v) is 10.6. The maximum Gasteiger partial charge on any atom is 0.338 e. The molecule has 0 saturated heterocycles. The zero-order valence-electron chi connectivity index (χ0n) is 22.6. The van der Waals surface area contributed by atoms with Crippen LogP contribution in [0.5, 0.6) is 11.5 Å². The zero-order valence-corrected chi connectivity index (χ0v) is 24.2. The number of allylic oxidation sites excluding steroid dienone is 1. The molecule has 3 aromatic carbocycles. The zero-order chi connectivity index (χ0) is 28.2. The Hall–Kier alpha value is -3.95. The minimum absolute atomic E-state index is 0.398. The lowest BCUT2D eigenvalue weighted by atomic mass is 9.95. The van der Waals surface area contributed by atoms with Crippen LogP contribution in [0.2, 0.25) is 5.02 Å². The lowest BCUT2D eigenvalue weighted by Gasteiger charge is -2.28. The number of aryl methyl sites for hydroxylation is 1. The lowest BCUT2D eigenvalue weighted by molar-refractivity contribution is -0.136. The highest BCUT2D eigenvalue weighted by atomic mass is 35.5. The van der Waals surface area contributed by atoms with Gasteiger partial charge in [0.1, 0.15) is 12.6 Å². The molecular weight excluding hydrogens is 548 g/mol. The van der Waals surface area contributed by atoms with Crippen molar-refractivity contribution in [1.29, 1.82) is 0 Å². The molecule has 1 unspecified atom stereocenters. The summed E-state index contributed by atoms with van der Waals surface area (Å²) in [6.45, 7) is 4.27. The number of fused-ring (bicyclic) bond motifs is 1. The van der Waals surface area contributed by atoms with Crippen molar-refractivity contribution >= 4 is 35.3 Å². The number of methoxy groups -OCH3 is 2. The largest absolute Gasteiger partial charge is 0.493 e. The quantitative estimate of drug-likeness (QED) is 0.176. The molecule has 0 fully saturated rings. The summed E-state index contributed by atoms with van der Waals surface area (Å²) < 4.78 is 18.6. The van der Waals surface area contributed by atoms with Crippen molar-refractivity contribution < 1.29 is 19.0 Å². The van der Waals surface area contributed by atoms with E-state index in [0.717, 1.165) is 16.7 Å². The number of thioether (sulfide) groups is 1. The van der Waals surface area contributed by atoms with Crippen LogP contribution in [-0.4, -0.2) is 35.0 Å². The summed E-state index contributed by atoms with van der Waals surface area (Å²) in [7, 11) is 2.96. The Labute approximate surface area is 242 Å². The van der Waals surface area contributed by atoms with Gasteiger partial charge in [-0.25, -0.2) is 9.48 Å². The first-order chi connectivity index (χ1) is 19.4. The number of ether oxygens (including phenoxy) is 3. The number of carbonyl (C=O) groups excluding carboxylic acids is 1. The summed E-state index contributed by atoms with van der Waals surface area (Å²) >= 11 is 7.80. The second-order valence-electron chi connectivity index (χ2n) is 9.29. The van der Waals surface area contributed by atoms with E-state index in [9.17, 15) is 4.79 Å². The molecule has 206 valence electrons. The summed E-state index contributed by atoms with van der Waals surface area (Å²) in [4.78, 5) is 17.7. The van der Waals surface area contributed by atoms with Crippen molar-refractivity contribution in [3.8, 4) is 11.5 Å². The average molecular weight is 577 g/mol. The Kier molecular flexibility index (Phi) is 8.32. The Morgan fingerprint density at radius 1 is 1.05 bits per heavy atom. The van der Waals surface area contributed by atoms with Gasteiger partial charge in [-0.05, 0) is 48.7 Å². The molecule has 1 aliphatic heterocycles. The standard InChI is InChI=1S/C30H29ClN4O4S/c1-18-9-11-20(12-10-18)16-39-24-14-13-21(15-25(24)37-3)27-26(28(36)38-4)19(2)32-29-33-30(34-35(27)29)40-17-22-7-5-6-8-23(22)31/h5-15,27H,16-17H2,1-4H3,(H,32,33,34). The molecule has 0 radical (unpaired) electrons. The predicted octanol–water partition coefficient (Wildman–Crippen LogP) is 6.58. The van der Waals surface area contributed by atoms with Crippen molar-refractivity contribution in [3.63, 3.8) is 0 Å². The normalized spacial score (nSPS) is 14.4. The molecule has 1 aliphatic rings. The monoisotopic (exact) mass is 576 g/mol. The Bertz CT molecular complexity index is 1570. The minimum atomic E-state index is -0.592. The maximum atomic E-state index is 13.0. The number of hydrogen-bond donors (Lipinski definition) is 1. The average Bonchev–Trinajstić information content (AvgIpc) is 3.37. The lowest BCUT2D eigenvalue weighted by Crippen LogP contribution is -2.29. The number of nitrogens with one attached hydrogen (secondary N) is 1. The van der Waals surface area contributed by atoms with E-state index in [1.807, 2.05) is 68.4 Å². The fraction of sp³-hybridized carbons (Fsp3) is 0.233. The molecule has 0 amide bonds. The second kappa shape index (κ2) is 12.1. The number of nitrogens with zero attached hydrogens (tertiary/aromatic N) is 3. The molecule has 0 bridgehead atoms. The molecular formula is C30H29ClN4O4S. The van der Waals surface area contributed by atoms with Gasteiger partial charge in [-0.3, -0.25) is 0 Å². The van der Waals surface area contributed by atoms with E-state index in [1.54, 1.807) is 11.8 Å². The van der Waals surface area contributed by atoms with Crippen LogP contribution in [0.15, 0.2) is 83.2 Å². The first kappa shape index (κ1) is 27.6. The number of aromatic nitrogens is 3. The fourth-order valence-electron chi connectivity index (χ4n) is 4.45. The van der Waals surface area contributed by atoms with Crippen LogP contribution >= 0.6 is 23.4 Å². The van der Waals surface area contributed by atoms with E-state index in [-0.39, 0.29) is 0 Å². The summed E-state index contributed by atoms with van der Waals surface area (Å²) in [5.41, 5.74) is 5.07. The maximum absolute atomic E-state index is 13.0. The number of rotatable bonds is 9. The predicted molar refractivity (Wildman–Crippen MR) is 156 cm³/mol. The van der Waals surface area contributed by atoms with E-state index in [2.05, 4.69) is 22.4 Å². The SMILES string of the molecule is COC(=O)C1=C(C)Nc2nc(SCc3ccccc3Cl)nn2C1c1ccc(OCc2ccc(C)cc2)c(OC)c1. The first-order valence-corrected chi connectivity index (χ1v) is 14.0. The number of carbonyl (C=O) groups is 1. The van der Waals surface area contributed by atoms with E-state index < -0.39 is 12.0 Å². The van der Waals surface area contributed by atoms with Gasteiger partial charge in [0.2, 0.25) is 11.1 Å². The number of esters is 1. The van der Waals surface area contributed by atoms with E-state index in [1.165, 1.54) is 24.4 Å². The molecule has 1 aromatic heterocycles. The molecule has 2 heterocycles. The molecule has 5 rings (SSSR count). The van der Waals surface area contributed by atoms with Crippen molar-refractivity contribution in [2.45, 2.75) is 37.4 Å². The summed E-state index contributed by atoms with van der Waals surface area (Å²) in [6.07, 6.45) is 0. The Morgan fingerprint density at radius 3 is 2.55 bits per heavy atom. The van der Waals surface area contributed by atoms with Crippen LogP contribution in [0, 0.1) is 6.92 Å². The molecule has 8 nitrogen and oxygen atoms in total. The fourth-order valence-corrected chi connectivity index (χ4v) is 5.57. The molecule has 4 aromatic rings. The third-order valence-electron chi connectivity index (χ3n) is 6.57. The third kappa shape index (κ3) is 5.80. The first-order valence-electron chi connectivity index (χ1n) is 12.6. The molecule has 1 atom stereocenters. The van der Waals surface area contributed by atoms with Crippen LogP contribution < -0.4 is 14.8 Å². The highest BCUT2D eigenvalue weighted by molar-refractivity contribution is 7.98. The third-order valence-corrected chi connectivity index (χ3v) is 7.83. The summed E-state index contributed by atoms with van der Waals surface area (Å²) in [6, 6.07) is 20.9. The molecule has 1 N–H and O–H groups in total. The van der Waals surface area contributed by atoms with Gasteiger partial charge < -0.3 is 19.5 Å². The summed E-state index contributed by atoms with van der Waals surface area (Å²) in [5.74, 6) is 1.80. The Balaban J connectivity index is 1.46. The van der Waals surface area contributed by atoms with Gasteiger partial charge >= 0.3 is 5.97 Å². The number of halogens is 1. The van der Waals surface area contributed by atoms with Crippen molar-refractivity contribution in [2.75, 3.05) is 19.5 Å². The van der Waals surface area contributed by atoms with Gasteiger partial charge in [0.05, 0.1) is 19.8 Å². The van der Waals surface area contributed by atoms with E-state index in [0.29, 0.717) is 51.3 Å². The van der Waals surface area contributed by atoms with Crippen LogP contribution in [-0.2, 0) is 21.9 Å². The van der Waals surface area contributed by atoms with Gasteiger partial charge in [-0.2, -0.15) is 4.98 Å². The number of anilines is 1. The van der Waals surface area contributed by atoms with Gasteiger partial charge in [-0.1, -0.05) is 77.5 Å². The molecule has 0 aliphatic carbocycles. The minimum Gasteiger partial charge on any atom is -0.493 e. The smallest absolute Gasteiger partial charge is 0.338 e. The van der Waals surface area contributed by atoms with Gasteiger partial charge in [0.25, 0.3) is 0 Å². The van der Waals surface area contributed by atoms with Crippen molar-refractivity contribution in [1.82, 2.24) is 14.8 Å². The van der Waals surface area contributed by atoms with Crippen molar-refractivity contribution in [3.05, 3.63) is 105 Å². The van der Waals surface area contributed by atoms with Gasteiger partial charge in [0, 0.05) is 16.5 Å². The highest BCUT2D eigenvalue weighted by Gasteiger charge is 2.35. The van der Waals surface area contributed by atoms with E-state index >= 15 is 0 Å². The highest BCUT2D eigenvalue weighted by Crippen LogP contribution is 2.40. The molecule has 40 heavy (non-hydrogen) atoms. The van der Waals surface area contributed by atoms with E-state index in [4.69, 9.17) is 30.9 Å². The topological polar surface area (TPSA) is 87.5 Å². The molecule has 0 spiro atoms. The molecule has 10 heteroatoms. The summed E-state index contributed by atoms with van der Waals surface area (Å²) in [5, 5.41) is 9.22. The van der Waals surface area contributed by atoms with Crippen LogP contribution in [0.3, 0.4) is 0 Å². The van der Waals surface area contributed by atoms with Crippen LogP contribution in [0.1, 0.15) is 35.2 Å². The van der Waals surface area contributed by atoms with Crippen molar-refractivity contribution in [2.24, 2.45) is 0 Å². The van der Waals surface area contributed by atoms with Gasteiger partial charge in [-0.15, -0.1) is 5.10 Å². The van der Waals surface area contributed by atoms with Crippen LogP contribution in [0.4, 0.5) is 5.95 Å². The Morgan fingerprint density at radius 2 is 1.82 bits per heavy atom. The molecule has 0 saturated carbocycles. The number of benzene rings is 3.